The molecule has 198 valence electrons. The topological polar surface area (TPSA) is 105 Å². The summed E-state index contributed by atoms with van der Waals surface area (Å²) in [5, 5.41) is 15.9. The molecule has 1 fully saturated rings. The first kappa shape index (κ1) is 27.9. The molecule has 1 saturated carbocycles. The summed E-state index contributed by atoms with van der Waals surface area (Å²) >= 11 is 0. The Labute approximate surface area is 215 Å². The lowest BCUT2D eigenvalue weighted by molar-refractivity contribution is -0.150. The number of amides is 2. The van der Waals surface area contributed by atoms with E-state index in [1.165, 1.54) is 0 Å². The maximum atomic E-state index is 13.2. The van der Waals surface area contributed by atoms with Crippen LogP contribution < -0.4 is 10.6 Å². The van der Waals surface area contributed by atoms with E-state index >= 15 is 0 Å². The predicted octanol–water partition coefficient (Wildman–Crippen LogP) is 3.70. The fourth-order valence-electron chi connectivity index (χ4n) is 5.10. The molecule has 0 bridgehead atoms. The molecule has 2 aliphatic rings. The number of carbonyl (C=O) groups excluding carboxylic acids is 3. The molecule has 7 heteroatoms. The molecule has 3 atom stereocenters. The van der Waals surface area contributed by atoms with Crippen LogP contribution in [0.5, 0.6) is 0 Å². The van der Waals surface area contributed by atoms with E-state index in [0.29, 0.717) is 25.7 Å². The third kappa shape index (κ3) is 8.19. The zero-order valence-corrected chi connectivity index (χ0v) is 21.7. The van der Waals surface area contributed by atoms with E-state index in [0.717, 1.165) is 31.2 Å². The average molecular weight is 499 g/mol. The molecule has 1 aromatic carbocycles. The summed E-state index contributed by atoms with van der Waals surface area (Å²) in [5.41, 5.74) is 0.533. The number of aliphatic hydroxyl groups is 1. The Hall–Kier alpha value is -2.67. The molecule has 1 aromatic rings. The van der Waals surface area contributed by atoms with Crippen LogP contribution in [-0.2, 0) is 25.5 Å². The summed E-state index contributed by atoms with van der Waals surface area (Å²) < 4.78 is 5.71. The number of ether oxygens (including phenoxy) is 1. The van der Waals surface area contributed by atoms with E-state index in [4.69, 9.17) is 4.74 Å². The predicted molar refractivity (Wildman–Crippen MR) is 139 cm³/mol. The summed E-state index contributed by atoms with van der Waals surface area (Å²) in [4.78, 5) is 39.1. The number of aliphatic hydroxyl groups excluding tert-OH is 1. The summed E-state index contributed by atoms with van der Waals surface area (Å²) in [5.74, 6) is -1.40. The highest BCUT2D eigenvalue weighted by Crippen LogP contribution is 2.29. The molecule has 0 aromatic heterocycles. The van der Waals surface area contributed by atoms with Gasteiger partial charge in [0.25, 0.3) is 0 Å². The van der Waals surface area contributed by atoms with Crippen LogP contribution >= 0.6 is 0 Å². The number of esters is 1. The van der Waals surface area contributed by atoms with Crippen LogP contribution in [0.4, 0.5) is 0 Å². The largest absolute Gasteiger partial charge is 0.463 e. The third-order valence-electron chi connectivity index (χ3n) is 7.54. The normalized spacial score (nSPS) is 25.3. The molecule has 1 heterocycles. The Morgan fingerprint density at radius 3 is 2.53 bits per heavy atom. The fraction of sp³-hybridized carbons (Fsp3) is 0.621. The minimum atomic E-state index is -0.560. The van der Waals surface area contributed by atoms with Gasteiger partial charge in [-0.25, -0.2) is 0 Å². The molecular weight excluding hydrogens is 456 g/mol. The highest BCUT2D eigenvalue weighted by Gasteiger charge is 2.36. The second-order valence-corrected chi connectivity index (χ2v) is 10.8. The Morgan fingerprint density at radius 2 is 1.86 bits per heavy atom. The van der Waals surface area contributed by atoms with Crippen molar-refractivity contribution in [1.29, 1.82) is 0 Å². The van der Waals surface area contributed by atoms with Crippen molar-refractivity contribution in [2.24, 2.45) is 17.8 Å². The second-order valence-electron chi connectivity index (χ2n) is 10.8. The molecule has 7 nitrogen and oxygen atoms in total. The van der Waals surface area contributed by atoms with Crippen LogP contribution in [0.1, 0.15) is 70.8 Å². The van der Waals surface area contributed by atoms with E-state index in [9.17, 15) is 19.5 Å². The van der Waals surface area contributed by atoms with Gasteiger partial charge in [0.05, 0.1) is 30.0 Å². The van der Waals surface area contributed by atoms with E-state index in [1.54, 1.807) is 0 Å². The van der Waals surface area contributed by atoms with E-state index in [2.05, 4.69) is 10.6 Å². The lowest BCUT2D eigenvalue weighted by atomic mass is 9.94. The second kappa shape index (κ2) is 13.6. The number of benzene rings is 1. The first-order valence-electron chi connectivity index (χ1n) is 13.4. The van der Waals surface area contributed by atoms with Gasteiger partial charge < -0.3 is 20.5 Å². The van der Waals surface area contributed by atoms with Gasteiger partial charge in [-0.2, -0.15) is 0 Å². The first-order chi connectivity index (χ1) is 17.3. The highest BCUT2D eigenvalue weighted by molar-refractivity contribution is 5.86. The van der Waals surface area contributed by atoms with Gasteiger partial charge in [0.2, 0.25) is 11.8 Å². The summed E-state index contributed by atoms with van der Waals surface area (Å²) in [6.45, 7) is 3.98. The van der Waals surface area contributed by atoms with Crippen LogP contribution in [0.2, 0.25) is 0 Å². The summed E-state index contributed by atoms with van der Waals surface area (Å²) in [7, 11) is 0. The number of cyclic esters (lactones) is 1. The van der Waals surface area contributed by atoms with Crippen LogP contribution in [0.25, 0.3) is 0 Å². The minimum Gasteiger partial charge on any atom is -0.463 e. The molecule has 36 heavy (non-hydrogen) atoms. The quantitative estimate of drug-likeness (QED) is 0.393. The Kier molecular flexibility index (Phi) is 10.5. The van der Waals surface area contributed by atoms with Crippen molar-refractivity contribution in [2.45, 2.75) is 83.2 Å². The number of allylic oxidation sites excluding steroid dienone is 2. The van der Waals surface area contributed by atoms with Crippen LogP contribution in [-0.4, -0.2) is 47.7 Å². The first-order valence-corrected chi connectivity index (χ1v) is 13.4. The van der Waals surface area contributed by atoms with E-state index in [-0.39, 0.29) is 55.3 Å². The van der Waals surface area contributed by atoms with Crippen LogP contribution in [0, 0.1) is 17.8 Å². The van der Waals surface area contributed by atoms with Crippen molar-refractivity contribution in [2.75, 3.05) is 13.2 Å². The van der Waals surface area contributed by atoms with Gasteiger partial charge in [-0.1, -0.05) is 69.2 Å². The van der Waals surface area contributed by atoms with Crippen molar-refractivity contribution >= 4 is 17.8 Å². The van der Waals surface area contributed by atoms with Gasteiger partial charge >= 0.3 is 5.97 Å². The van der Waals surface area contributed by atoms with Gasteiger partial charge in [-0.3, -0.25) is 14.4 Å². The third-order valence-corrected chi connectivity index (χ3v) is 7.54. The number of carbonyl (C=O) groups is 3. The molecule has 3 unspecified atom stereocenters. The highest BCUT2D eigenvalue weighted by atomic mass is 16.5. The lowest BCUT2D eigenvalue weighted by Gasteiger charge is -2.29. The summed E-state index contributed by atoms with van der Waals surface area (Å²) in [6, 6.07) is 9.59. The Morgan fingerprint density at radius 1 is 1.14 bits per heavy atom. The van der Waals surface area contributed by atoms with Crippen molar-refractivity contribution in [1.82, 2.24) is 10.6 Å². The van der Waals surface area contributed by atoms with Gasteiger partial charge in [0, 0.05) is 6.42 Å². The zero-order chi connectivity index (χ0) is 26.0. The van der Waals surface area contributed by atoms with Gasteiger partial charge in [-0.15, -0.1) is 0 Å². The van der Waals surface area contributed by atoms with E-state index < -0.39 is 11.5 Å². The smallest absolute Gasteiger partial charge is 0.309 e. The molecule has 1 aliphatic heterocycles. The molecule has 3 rings (SSSR count). The minimum absolute atomic E-state index is 0.0547. The average Bonchev–Trinajstić information content (AvgIpc) is 3.33. The van der Waals surface area contributed by atoms with Crippen LogP contribution in [0.3, 0.4) is 0 Å². The Balaban J connectivity index is 1.70. The Bertz CT molecular complexity index is 892. The van der Waals surface area contributed by atoms with Gasteiger partial charge in [0.1, 0.15) is 6.61 Å². The molecule has 3 N–H and O–H groups in total. The molecule has 0 saturated heterocycles. The zero-order valence-electron chi connectivity index (χ0n) is 21.7. The molecule has 2 amide bonds. The van der Waals surface area contributed by atoms with Crippen molar-refractivity contribution in [3.63, 3.8) is 0 Å². The van der Waals surface area contributed by atoms with Gasteiger partial charge in [-0.05, 0) is 50.0 Å². The van der Waals surface area contributed by atoms with Crippen molar-refractivity contribution < 1.29 is 24.2 Å². The van der Waals surface area contributed by atoms with E-state index in [1.807, 2.05) is 56.3 Å². The summed E-state index contributed by atoms with van der Waals surface area (Å²) in [6.07, 6.45) is 9.87. The van der Waals surface area contributed by atoms with Crippen molar-refractivity contribution in [3.8, 4) is 0 Å². The molecule has 0 radical (unpaired) electrons. The number of hydrogen-bond acceptors (Lipinski definition) is 5. The number of nitrogens with one attached hydrogen (secondary N) is 2. The lowest BCUT2D eigenvalue weighted by Crippen LogP contribution is -2.51. The monoisotopic (exact) mass is 498 g/mol. The number of rotatable bonds is 7. The van der Waals surface area contributed by atoms with Gasteiger partial charge in [0.15, 0.2) is 0 Å². The fourth-order valence-corrected chi connectivity index (χ4v) is 5.10. The standard InChI is InChI=1S/C29H42N2O5/c1-21(2)25-19-36-28(35)24(17-22-11-5-3-6-12-22)14-8-4-7-13-23(27(34)30-25)18-26(33)31-29(20-32)15-9-10-16-29/h3-7,11-12,21,23-25,32H,8-10,13-20H2,1-2H3,(H,30,34)(H,31,33). The van der Waals surface area contributed by atoms with Crippen molar-refractivity contribution in [3.05, 3.63) is 48.0 Å². The molecule has 0 spiro atoms. The molecule has 1 aliphatic carbocycles. The van der Waals surface area contributed by atoms with Crippen LogP contribution in [0.15, 0.2) is 42.5 Å². The maximum Gasteiger partial charge on any atom is 0.309 e. The number of hydrogen-bond donors (Lipinski definition) is 3. The SMILES string of the molecule is CC(C)C1COC(=O)C(Cc2ccccc2)CCC=CCC(CC(=O)NC2(CO)CCCC2)C(=O)N1. The maximum absolute atomic E-state index is 13.2. The molecular formula is C29H42N2O5.